The Labute approximate surface area is 121 Å². The van der Waals surface area contributed by atoms with Gasteiger partial charge in [-0.2, -0.15) is 0 Å². The molecule has 106 valence electrons. The number of hydrogen-bond acceptors (Lipinski definition) is 3. The average molecular weight is 269 g/mol. The molecule has 0 bridgehead atoms. The summed E-state index contributed by atoms with van der Waals surface area (Å²) < 4.78 is 0. The standard InChI is InChI=1S/C17H23N3/c1-14(2)20(13-15-8-4-3-5-9-15)17(12-18)16-10-6-7-11-19-16/h3-11,14,17H,12-13,18H2,1-2H3. The fourth-order valence-electron chi connectivity index (χ4n) is 2.45. The van der Waals surface area contributed by atoms with Crippen LogP contribution in [0.3, 0.4) is 0 Å². The van der Waals surface area contributed by atoms with Gasteiger partial charge in [0.15, 0.2) is 0 Å². The molecule has 2 N–H and O–H groups in total. The Bertz CT molecular complexity index is 496. The number of nitrogens with zero attached hydrogens (tertiary/aromatic N) is 2. The summed E-state index contributed by atoms with van der Waals surface area (Å²) in [5.74, 6) is 0. The van der Waals surface area contributed by atoms with Crippen molar-refractivity contribution in [3.05, 3.63) is 66.0 Å². The molecule has 20 heavy (non-hydrogen) atoms. The Balaban J connectivity index is 2.22. The maximum atomic E-state index is 6.02. The molecule has 0 spiro atoms. The Morgan fingerprint density at radius 2 is 1.75 bits per heavy atom. The highest BCUT2D eigenvalue weighted by Crippen LogP contribution is 2.22. The van der Waals surface area contributed by atoms with Gasteiger partial charge in [0.1, 0.15) is 0 Å². The first kappa shape index (κ1) is 14.7. The molecule has 1 atom stereocenters. The minimum absolute atomic E-state index is 0.149. The van der Waals surface area contributed by atoms with Crippen LogP contribution in [0.2, 0.25) is 0 Å². The number of benzene rings is 1. The van der Waals surface area contributed by atoms with E-state index in [1.807, 2.05) is 24.4 Å². The van der Waals surface area contributed by atoms with Crippen LogP contribution in [-0.4, -0.2) is 22.5 Å². The van der Waals surface area contributed by atoms with Crippen molar-refractivity contribution in [2.45, 2.75) is 32.5 Å². The maximum absolute atomic E-state index is 6.02. The zero-order valence-electron chi connectivity index (χ0n) is 12.2. The van der Waals surface area contributed by atoms with E-state index >= 15 is 0 Å². The van der Waals surface area contributed by atoms with Crippen molar-refractivity contribution in [2.75, 3.05) is 6.54 Å². The van der Waals surface area contributed by atoms with Gasteiger partial charge in [-0.3, -0.25) is 9.88 Å². The van der Waals surface area contributed by atoms with E-state index in [1.54, 1.807) is 0 Å². The predicted octanol–water partition coefficient (Wildman–Crippen LogP) is 2.99. The third-order valence-corrected chi connectivity index (χ3v) is 3.52. The largest absolute Gasteiger partial charge is 0.329 e. The molecule has 0 aliphatic rings. The molecule has 3 heteroatoms. The van der Waals surface area contributed by atoms with Crippen LogP contribution >= 0.6 is 0 Å². The van der Waals surface area contributed by atoms with Crippen molar-refractivity contribution in [3.8, 4) is 0 Å². The summed E-state index contributed by atoms with van der Waals surface area (Å²) in [5.41, 5.74) is 8.36. The van der Waals surface area contributed by atoms with Gasteiger partial charge < -0.3 is 5.73 Å². The molecule has 0 aliphatic carbocycles. The lowest BCUT2D eigenvalue weighted by atomic mass is 10.1. The van der Waals surface area contributed by atoms with Crippen molar-refractivity contribution in [1.29, 1.82) is 0 Å². The summed E-state index contributed by atoms with van der Waals surface area (Å²) in [4.78, 5) is 6.87. The number of rotatable bonds is 6. The van der Waals surface area contributed by atoms with Gasteiger partial charge in [-0.1, -0.05) is 36.4 Å². The van der Waals surface area contributed by atoms with E-state index in [2.05, 4.69) is 54.1 Å². The van der Waals surface area contributed by atoms with Crippen LogP contribution in [0.5, 0.6) is 0 Å². The third kappa shape index (κ3) is 3.65. The van der Waals surface area contributed by atoms with E-state index in [9.17, 15) is 0 Å². The molecule has 0 aliphatic heterocycles. The van der Waals surface area contributed by atoms with Gasteiger partial charge in [-0.05, 0) is 31.5 Å². The molecule has 1 aromatic heterocycles. The molecular formula is C17H23N3. The summed E-state index contributed by atoms with van der Waals surface area (Å²) in [7, 11) is 0. The molecule has 1 unspecified atom stereocenters. The number of pyridine rings is 1. The van der Waals surface area contributed by atoms with Crippen LogP contribution in [-0.2, 0) is 6.54 Å². The lowest BCUT2D eigenvalue weighted by Crippen LogP contribution is -2.38. The summed E-state index contributed by atoms with van der Waals surface area (Å²) in [6, 6.07) is 17.1. The van der Waals surface area contributed by atoms with Crippen LogP contribution in [0.4, 0.5) is 0 Å². The Morgan fingerprint density at radius 3 is 2.30 bits per heavy atom. The molecule has 0 fully saturated rings. The van der Waals surface area contributed by atoms with Crippen LogP contribution in [0.1, 0.15) is 31.1 Å². The molecule has 0 amide bonds. The van der Waals surface area contributed by atoms with E-state index < -0.39 is 0 Å². The molecule has 0 radical (unpaired) electrons. The van der Waals surface area contributed by atoms with Crippen molar-refractivity contribution < 1.29 is 0 Å². The van der Waals surface area contributed by atoms with Gasteiger partial charge in [-0.15, -0.1) is 0 Å². The normalized spacial score (nSPS) is 12.8. The van der Waals surface area contributed by atoms with Gasteiger partial charge in [-0.25, -0.2) is 0 Å². The Hall–Kier alpha value is -1.71. The molecule has 2 rings (SSSR count). The van der Waals surface area contributed by atoms with Crippen LogP contribution in [0, 0.1) is 0 Å². The minimum Gasteiger partial charge on any atom is -0.329 e. The fourth-order valence-corrected chi connectivity index (χ4v) is 2.45. The third-order valence-electron chi connectivity index (χ3n) is 3.52. The van der Waals surface area contributed by atoms with Gasteiger partial charge >= 0.3 is 0 Å². The highest BCUT2D eigenvalue weighted by atomic mass is 15.2. The monoisotopic (exact) mass is 269 g/mol. The van der Waals surface area contributed by atoms with E-state index in [-0.39, 0.29) is 6.04 Å². The van der Waals surface area contributed by atoms with E-state index in [4.69, 9.17) is 5.73 Å². The SMILES string of the molecule is CC(C)N(Cc1ccccc1)C(CN)c1ccccn1. The number of nitrogens with two attached hydrogens (primary N) is 1. The maximum Gasteiger partial charge on any atom is 0.0649 e. The second-order valence-corrected chi connectivity index (χ2v) is 5.26. The van der Waals surface area contributed by atoms with Crippen molar-refractivity contribution in [2.24, 2.45) is 5.73 Å². The molecule has 0 saturated carbocycles. The summed E-state index contributed by atoms with van der Waals surface area (Å²) >= 11 is 0. The fraction of sp³-hybridized carbons (Fsp3) is 0.353. The molecule has 3 nitrogen and oxygen atoms in total. The van der Waals surface area contributed by atoms with Gasteiger partial charge in [0.05, 0.1) is 11.7 Å². The van der Waals surface area contributed by atoms with Gasteiger partial charge in [0.2, 0.25) is 0 Å². The van der Waals surface area contributed by atoms with Gasteiger partial charge in [0, 0.05) is 25.3 Å². The summed E-state index contributed by atoms with van der Waals surface area (Å²) in [5, 5.41) is 0. The quantitative estimate of drug-likeness (QED) is 0.876. The number of hydrogen-bond donors (Lipinski definition) is 1. The van der Waals surface area contributed by atoms with E-state index in [0.717, 1.165) is 12.2 Å². The average Bonchev–Trinajstić information content (AvgIpc) is 2.49. The Morgan fingerprint density at radius 1 is 1.05 bits per heavy atom. The Kier molecular flexibility index (Phi) is 5.27. The smallest absolute Gasteiger partial charge is 0.0649 e. The molecule has 0 saturated heterocycles. The molecule has 1 aromatic carbocycles. The molecule has 2 aromatic rings. The first-order chi connectivity index (χ1) is 9.72. The van der Waals surface area contributed by atoms with Crippen molar-refractivity contribution >= 4 is 0 Å². The van der Waals surface area contributed by atoms with E-state index in [0.29, 0.717) is 12.6 Å². The van der Waals surface area contributed by atoms with Crippen molar-refractivity contribution in [3.63, 3.8) is 0 Å². The zero-order chi connectivity index (χ0) is 14.4. The second kappa shape index (κ2) is 7.17. The second-order valence-electron chi connectivity index (χ2n) is 5.26. The highest BCUT2D eigenvalue weighted by molar-refractivity contribution is 5.16. The first-order valence-corrected chi connectivity index (χ1v) is 7.13. The lowest BCUT2D eigenvalue weighted by molar-refractivity contribution is 0.145. The number of aromatic nitrogens is 1. The zero-order valence-corrected chi connectivity index (χ0v) is 12.2. The van der Waals surface area contributed by atoms with Gasteiger partial charge in [0.25, 0.3) is 0 Å². The first-order valence-electron chi connectivity index (χ1n) is 7.13. The van der Waals surface area contributed by atoms with Crippen LogP contribution in [0.15, 0.2) is 54.7 Å². The molecule has 1 heterocycles. The minimum atomic E-state index is 0.149. The molecular weight excluding hydrogens is 246 g/mol. The highest BCUT2D eigenvalue weighted by Gasteiger charge is 2.22. The van der Waals surface area contributed by atoms with Crippen LogP contribution in [0.25, 0.3) is 0 Å². The predicted molar refractivity (Wildman–Crippen MR) is 83.2 cm³/mol. The summed E-state index contributed by atoms with van der Waals surface area (Å²) in [6.07, 6.45) is 1.83. The topological polar surface area (TPSA) is 42.1 Å². The lowest BCUT2D eigenvalue weighted by Gasteiger charge is -2.34. The summed E-state index contributed by atoms with van der Waals surface area (Å²) in [6.45, 7) is 5.86. The van der Waals surface area contributed by atoms with E-state index in [1.165, 1.54) is 5.56 Å². The van der Waals surface area contributed by atoms with Crippen LogP contribution < -0.4 is 5.73 Å². The van der Waals surface area contributed by atoms with Crippen molar-refractivity contribution in [1.82, 2.24) is 9.88 Å².